The fourth-order valence-corrected chi connectivity index (χ4v) is 3.12. The number of pyridine rings is 1. The first-order valence-electron chi connectivity index (χ1n) is 8.70. The number of aromatic nitrogens is 3. The van der Waals surface area contributed by atoms with Crippen LogP contribution >= 0.6 is 12.4 Å². The summed E-state index contributed by atoms with van der Waals surface area (Å²) in [5.41, 5.74) is 2.49. The molecule has 1 aliphatic rings. The van der Waals surface area contributed by atoms with Crippen LogP contribution in [0.4, 0.5) is 15.9 Å². The average Bonchev–Trinajstić information content (AvgIpc) is 2.65. The zero-order valence-corrected chi connectivity index (χ0v) is 15.7. The van der Waals surface area contributed by atoms with Crippen molar-refractivity contribution in [2.24, 2.45) is 0 Å². The summed E-state index contributed by atoms with van der Waals surface area (Å²) in [5.74, 6) is 0.880. The van der Waals surface area contributed by atoms with Gasteiger partial charge in [0.15, 0.2) is 0 Å². The van der Waals surface area contributed by atoms with E-state index in [-0.39, 0.29) is 18.5 Å². The first kappa shape index (κ1) is 19.3. The molecule has 3 heterocycles. The predicted octanol–water partition coefficient (Wildman–Crippen LogP) is 3.77. The van der Waals surface area contributed by atoms with Gasteiger partial charge in [-0.15, -0.1) is 12.4 Å². The quantitative estimate of drug-likeness (QED) is 0.662. The number of halogens is 2. The molecule has 3 aromatic rings. The van der Waals surface area contributed by atoms with Gasteiger partial charge in [-0.1, -0.05) is 0 Å². The highest BCUT2D eigenvalue weighted by Gasteiger charge is 2.15. The van der Waals surface area contributed by atoms with Crippen molar-refractivity contribution >= 4 is 34.8 Å². The molecule has 2 aromatic heterocycles. The van der Waals surface area contributed by atoms with E-state index in [2.05, 4.69) is 25.6 Å². The minimum atomic E-state index is -0.558. The summed E-state index contributed by atoms with van der Waals surface area (Å²) >= 11 is 0. The molecule has 6 nitrogen and oxygen atoms in total. The van der Waals surface area contributed by atoms with Crippen LogP contribution in [0, 0.1) is 12.9 Å². The number of hydrogen-bond donors (Lipinski definition) is 2. The lowest BCUT2D eigenvalue weighted by Gasteiger charge is -2.24. The Morgan fingerprint density at radius 1 is 1.15 bits per heavy atom. The van der Waals surface area contributed by atoms with Gasteiger partial charge >= 0.3 is 0 Å². The molecule has 8 heteroatoms. The lowest BCUT2D eigenvalue weighted by molar-refractivity contribution is 0.161. The lowest BCUT2D eigenvalue weighted by atomic mass is 10.1. The van der Waals surface area contributed by atoms with Crippen LogP contribution in [0.25, 0.3) is 10.9 Å². The largest absolute Gasteiger partial charge is 0.490 e. The molecule has 1 saturated heterocycles. The highest BCUT2D eigenvalue weighted by atomic mass is 35.5. The lowest BCUT2D eigenvalue weighted by Crippen LogP contribution is -2.34. The van der Waals surface area contributed by atoms with E-state index in [9.17, 15) is 4.39 Å². The molecule has 1 aliphatic heterocycles. The second kappa shape index (κ2) is 8.45. The summed E-state index contributed by atoms with van der Waals surface area (Å²) in [7, 11) is 0. The van der Waals surface area contributed by atoms with Crippen LogP contribution < -0.4 is 15.4 Å². The normalized spacial score (nSPS) is 14.6. The van der Waals surface area contributed by atoms with E-state index in [0.29, 0.717) is 16.7 Å². The van der Waals surface area contributed by atoms with Gasteiger partial charge in [0.1, 0.15) is 24.0 Å². The van der Waals surface area contributed by atoms with Crippen LogP contribution in [0.15, 0.2) is 36.8 Å². The SMILES string of the molecule is Cc1cc(Nc2ncnc3cnc(F)cc23)ccc1OC1CCNCC1.Cl. The molecule has 1 aromatic carbocycles. The van der Waals surface area contributed by atoms with Crippen LogP contribution in [0.1, 0.15) is 18.4 Å². The Labute approximate surface area is 163 Å². The van der Waals surface area contributed by atoms with E-state index in [1.807, 2.05) is 25.1 Å². The molecule has 142 valence electrons. The van der Waals surface area contributed by atoms with Crippen LogP contribution in [0.5, 0.6) is 5.75 Å². The third-order valence-electron chi connectivity index (χ3n) is 4.51. The van der Waals surface area contributed by atoms with Crippen molar-refractivity contribution < 1.29 is 9.13 Å². The number of fused-ring (bicyclic) bond motifs is 1. The number of benzene rings is 1. The Balaban J connectivity index is 0.00000210. The molecule has 0 unspecified atom stereocenters. The minimum Gasteiger partial charge on any atom is -0.490 e. The molecule has 0 atom stereocenters. The van der Waals surface area contributed by atoms with Crippen molar-refractivity contribution in [2.75, 3.05) is 18.4 Å². The summed E-state index contributed by atoms with van der Waals surface area (Å²) in [6.07, 6.45) is 5.14. The second-order valence-electron chi connectivity index (χ2n) is 6.42. The number of nitrogens with zero attached hydrogens (tertiary/aromatic N) is 3. The van der Waals surface area contributed by atoms with E-state index in [0.717, 1.165) is 42.9 Å². The molecule has 0 radical (unpaired) electrons. The van der Waals surface area contributed by atoms with Gasteiger partial charge in [0, 0.05) is 17.1 Å². The van der Waals surface area contributed by atoms with Gasteiger partial charge in [0.25, 0.3) is 0 Å². The van der Waals surface area contributed by atoms with E-state index < -0.39 is 5.95 Å². The summed E-state index contributed by atoms with van der Waals surface area (Å²) in [6.45, 7) is 4.01. The molecule has 2 N–H and O–H groups in total. The number of ether oxygens (including phenoxy) is 1. The van der Waals surface area contributed by atoms with E-state index in [1.165, 1.54) is 18.6 Å². The van der Waals surface area contributed by atoms with Crippen molar-refractivity contribution in [3.8, 4) is 5.75 Å². The Kier molecular flexibility index (Phi) is 6.03. The standard InChI is InChI=1S/C19H20FN5O.ClH/c1-12-8-13(2-3-17(12)26-14-4-6-21-7-5-14)25-19-15-9-18(20)22-10-16(15)23-11-24-19;/h2-3,8-11,14,21H,4-7H2,1H3,(H,23,24,25);1H. The third-order valence-corrected chi connectivity index (χ3v) is 4.51. The number of nitrogens with one attached hydrogen (secondary N) is 2. The first-order chi connectivity index (χ1) is 12.7. The molecule has 4 rings (SSSR count). The monoisotopic (exact) mass is 389 g/mol. The minimum absolute atomic E-state index is 0. The zero-order chi connectivity index (χ0) is 17.9. The Morgan fingerprint density at radius 2 is 1.96 bits per heavy atom. The van der Waals surface area contributed by atoms with E-state index in [1.54, 1.807) is 0 Å². The van der Waals surface area contributed by atoms with Gasteiger partial charge in [0.05, 0.1) is 11.7 Å². The van der Waals surface area contributed by atoms with Gasteiger partial charge < -0.3 is 15.4 Å². The maximum absolute atomic E-state index is 13.5. The van der Waals surface area contributed by atoms with Crippen molar-refractivity contribution in [1.29, 1.82) is 0 Å². The summed E-state index contributed by atoms with van der Waals surface area (Å²) in [4.78, 5) is 12.0. The van der Waals surface area contributed by atoms with Crippen LogP contribution in [-0.2, 0) is 0 Å². The predicted molar refractivity (Wildman–Crippen MR) is 106 cm³/mol. The van der Waals surface area contributed by atoms with Crippen LogP contribution in [0.3, 0.4) is 0 Å². The molecule has 1 fully saturated rings. The second-order valence-corrected chi connectivity index (χ2v) is 6.42. The molecule has 0 bridgehead atoms. The van der Waals surface area contributed by atoms with Crippen LogP contribution in [-0.4, -0.2) is 34.1 Å². The molecule has 0 spiro atoms. The smallest absolute Gasteiger partial charge is 0.213 e. The number of anilines is 2. The topological polar surface area (TPSA) is 72.0 Å². The number of piperidine rings is 1. The molecule has 0 saturated carbocycles. The third kappa shape index (κ3) is 4.43. The van der Waals surface area contributed by atoms with Crippen molar-refractivity contribution in [3.63, 3.8) is 0 Å². The summed E-state index contributed by atoms with van der Waals surface area (Å²) in [6, 6.07) is 7.24. The highest BCUT2D eigenvalue weighted by Crippen LogP contribution is 2.28. The van der Waals surface area contributed by atoms with Crippen molar-refractivity contribution in [1.82, 2.24) is 20.3 Å². The summed E-state index contributed by atoms with van der Waals surface area (Å²) in [5, 5.41) is 7.16. The van der Waals surface area contributed by atoms with Gasteiger partial charge in [-0.3, -0.25) is 0 Å². The van der Waals surface area contributed by atoms with Crippen molar-refractivity contribution in [2.45, 2.75) is 25.9 Å². The molecular weight excluding hydrogens is 369 g/mol. The molecule has 0 amide bonds. The van der Waals surface area contributed by atoms with Crippen LogP contribution in [0.2, 0.25) is 0 Å². The first-order valence-corrected chi connectivity index (χ1v) is 8.70. The Bertz CT molecular complexity index is 933. The van der Waals surface area contributed by atoms with E-state index in [4.69, 9.17) is 4.74 Å². The van der Waals surface area contributed by atoms with E-state index >= 15 is 0 Å². The molecule has 0 aliphatic carbocycles. The van der Waals surface area contributed by atoms with Gasteiger partial charge in [-0.2, -0.15) is 4.39 Å². The molecular formula is C19H21ClFN5O. The number of aryl methyl sites for hydroxylation is 1. The fourth-order valence-electron chi connectivity index (χ4n) is 3.12. The summed E-state index contributed by atoms with van der Waals surface area (Å²) < 4.78 is 19.6. The maximum atomic E-state index is 13.5. The number of rotatable bonds is 4. The Morgan fingerprint density at radius 3 is 2.74 bits per heavy atom. The zero-order valence-electron chi connectivity index (χ0n) is 14.9. The van der Waals surface area contributed by atoms with Crippen molar-refractivity contribution in [3.05, 3.63) is 48.3 Å². The highest BCUT2D eigenvalue weighted by molar-refractivity contribution is 5.89. The Hall–Kier alpha value is -2.51. The molecule has 27 heavy (non-hydrogen) atoms. The van der Waals surface area contributed by atoms with Gasteiger partial charge in [-0.05, 0) is 56.6 Å². The van der Waals surface area contributed by atoms with Gasteiger partial charge in [0.2, 0.25) is 5.95 Å². The maximum Gasteiger partial charge on any atom is 0.213 e. The average molecular weight is 390 g/mol. The fraction of sp³-hybridized carbons (Fsp3) is 0.316. The number of hydrogen-bond acceptors (Lipinski definition) is 6. The van der Waals surface area contributed by atoms with Gasteiger partial charge in [-0.25, -0.2) is 15.0 Å².